The van der Waals surface area contributed by atoms with Crippen molar-refractivity contribution in [2.24, 2.45) is 0 Å². The summed E-state index contributed by atoms with van der Waals surface area (Å²) in [6, 6.07) is 5.14. The normalized spacial score (nSPS) is 11.6. The monoisotopic (exact) mass is 218 g/mol. The SMILES string of the molecule is CCc1cc(C)ccc1S(=O)(=O)Cl. The highest BCUT2D eigenvalue weighted by atomic mass is 35.7. The quantitative estimate of drug-likeness (QED) is 0.715. The van der Waals surface area contributed by atoms with Crippen molar-refractivity contribution in [1.82, 2.24) is 0 Å². The highest BCUT2D eigenvalue weighted by molar-refractivity contribution is 8.13. The molecule has 0 aliphatic carbocycles. The molecule has 0 bridgehead atoms. The zero-order valence-corrected chi connectivity index (χ0v) is 9.11. The molecule has 0 saturated heterocycles. The Labute approximate surface area is 83.0 Å². The van der Waals surface area contributed by atoms with E-state index in [1.54, 1.807) is 12.1 Å². The van der Waals surface area contributed by atoms with Gasteiger partial charge in [-0.1, -0.05) is 24.6 Å². The lowest BCUT2D eigenvalue weighted by molar-refractivity contribution is 0.608. The molecule has 0 amide bonds. The molecule has 0 aromatic heterocycles. The molecule has 0 aliphatic heterocycles. The first kappa shape index (κ1) is 10.5. The van der Waals surface area contributed by atoms with Crippen molar-refractivity contribution in [3.8, 4) is 0 Å². The molecule has 0 aliphatic rings. The zero-order chi connectivity index (χ0) is 10.1. The number of rotatable bonds is 2. The van der Waals surface area contributed by atoms with Gasteiger partial charge in [-0.15, -0.1) is 0 Å². The summed E-state index contributed by atoms with van der Waals surface area (Å²) < 4.78 is 22.2. The van der Waals surface area contributed by atoms with Crippen molar-refractivity contribution >= 4 is 19.7 Å². The maximum Gasteiger partial charge on any atom is 0.261 e. The molecular weight excluding hydrogens is 208 g/mol. The Balaban J connectivity index is 3.39. The highest BCUT2D eigenvalue weighted by Gasteiger charge is 2.13. The van der Waals surface area contributed by atoms with Crippen LogP contribution in [-0.2, 0) is 15.5 Å². The predicted octanol–water partition coefficient (Wildman–Crippen LogP) is 2.48. The molecule has 0 saturated carbocycles. The fourth-order valence-electron chi connectivity index (χ4n) is 1.22. The molecule has 13 heavy (non-hydrogen) atoms. The molecular formula is C9H11ClO2S. The Morgan fingerprint density at radius 1 is 1.38 bits per heavy atom. The molecule has 0 heterocycles. The lowest BCUT2D eigenvalue weighted by Crippen LogP contribution is -1.97. The maximum absolute atomic E-state index is 11.1. The van der Waals surface area contributed by atoms with Crippen LogP contribution in [0.3, 0.4) is 0 Å². The third-order valence-corrected chi connectivity index (χ3v) is 3.28. The number of hydrogen-bond acceptors (Lipinski definition) is 2. The van der Waals surface area contributed by atoms with Crippen LogP contribution in [0.5, 0.6) is 0 Å². The van der Waals surface area contributed by atoms with Crippen molar-refractivity contribution in [3.63, 3.8) is 0 Å². The third kappa shape index (κ3) is 2.45. The molecule has 0 N–H and O–H groups in total. The van der Waals surface area contributed by atoms with Crippen molar-refractivity contribution in [3.05, 3.63) is 29.3 Å². The number of aryl methyl sites for hydroxylation is 2. The second-order valence-electron chi connectivity index (χ2n) is 2.90. The van der Waals surface area contributed by atoms with E-state index in [0.29, 0.717) is 6.42 Å². The largest absolute Gasteiger partial charge is 0.261 e. The second kappa shape index (κ2) is 3.68. The minimum absolute atomic E-state index is 0.224. The van der Waals surface area contributed by atoms with Gasteiger partial charge in [-0.05, 0) is 25.0 Å². The Morgan fingerprint density at radius 3 is 2.46 bits per heavy atom. The molecule has 1 aromatic rings. The molecule has 4 heteroatoms. The molecule has 0 radical (unpaired) electrons. The van der Waals surface area contributed by atoms with Crippen LogP contribution in [0, 0.1) is 6.92 Å². The molecule has 72 valence electrons. The van der Waals surface area contributed by atoms with E-state index in [1.807, 2.05) is 19.9 Å². The van der Waals surface area contributed by atoms with Crippen molar-refractivity contribution in [1.29, 1.82) is 0 Å². The van der Waals surface area contributed by atoms with Crippen LogP contribution in [-0.4, -0.2) is 8.42 Å². The van der Waals surface area contributed by atoms with E-state index in [4.69, 9.17) is 10.7 Å². The minimum Gasteiger partial charge on any atom is -0.207 e. The highest BCUT2D eigenvalue weighted by Crippen LogP contribution is 2.21. The van der Waals surface area contributed by atoms with E-state index in [9.17, 15) is 8.42 Å². The van der Waals surface area contributed by atoms with Gasteiger partial charge in [0.1, 0.15) is 0 Å². The molecule has 0 atom stereocenters. The first-order valence-electron chi connectivity index (χ1n) is 3.99. The molecule has 1 aromatic carbocycles. The van der Waals surface area contributed by atoms with Gasteiger partial charge in [0.15, 0.2) is 0 Å². The van der Waals surface area contributed by atoms with Gasteiger partial charge in [0.2, 0.25) is 0 Å². The fourth-order valence-corrected chi connectivity index (χ4v) is 2.42. The predicted molar refractivity (Wildman–Crippen MR) is 53.6 cm³/mol. The summed E-state index contributed by atoms with van der Waals surface area (Å²) in [4.78, 5) is 0.224. The van der Waals surface area contributed by atoms with Gasteiger partial charge >= 0.3 is 0 Å². The average Bonchev–Trinajstić information content (AvgIpc) is 2.01. The average molecular weight is 219 g/mol. The molecule has 0 fully saturated rings. The van der Waals surface area contributed by atoms with Crippen LogP contribution in [0.2, 0.25) is 0 Å². The summed E-state index contributed by atoms with van der Waals surface area (Å²) in [7, 11) is 1.68. The summed E-state index contributed by atoms with van der Waals surface area (Å²) in [5, 5.41) is 0. The Bertz CT molecular complexity index is 410. The lowest BCUT2D eigenvalue weighted by atomic mass is 10.1. The van der Waals surface area contributed by atoms with Gasteiger partial charge in [-0.25, -0.2) is 8.42 Å². The van der Waals surface area contributed by atoms with Crippen molar-refractivity contribution < 1.29 is 8.42 Å². The van der Waals surface area contributed by atoms with Gasteiger partial charge in [-0.3, -0.25) is 0 Å². The Hall–Kier alpha value is -0.540. The fraction of sp³-hybridized carbons (Fsp3) is 0.333. The van der Waals surface area contributed by atoms with E-state index >= 15 is 0 Å². The summed E-state index contributed by atoms with van der Waals surface area (Å²) >= 11 is 0. The number of halogens is 1. The van der Waals surface area contributed by atoms with Crippen LogP contribution < -0.4 is 0 Å². The van der Waals surface area contributed by atoms with E-state index in [0.717, 1.165) is 11.1 Å². The lowest BCUT2D eigenvalue weighted by Gasteiger charge is -2.04. The van der Waals surface area contributed by atoms with Crippen LogP contribution in [0.1, 0.15) is 18.1 Å². The van der Waals surface area contributed by atoms with Gasteiger partial charge < -0.3 is 0 Å². The van der Waals surface area contributed by atoms with Gasteiger partial charge in [0.05, 0.1) is 4.90 Å². The Morgan fingerprint density at radius 2 is 2.00 bits per heavy atom. The van der Waals surface area contributed by atoms with Crippen LogP contribution in [0.15, 0.2) is 23.1 Å². The number of benzene rings is 1. The summed E-state index contributed by atoms with van der Waals surface area (Å²) in [6.45, 7) is 3.82. The van der Waals surface area contributed by atoms with Crippen LogP contribution in [0.25, 0.3) is 0 Å². The summed E-state index contributed by atoms with van der Waals surface area (Å²) in [5.74, 6) is 0. The minimum atomic E-state index is -3.59. The first-order valence-corrected chi connectivity index (χ1v) is 6.30. The molecule has 0 spiro atoms. The number of hydrogen-bond donors (Lipinski definition) is 0. The smallest absolute Gasteiger partial charge is 0.207 e. The van der Waals surface area contributed by atoms with Crippen molar-refractivity contribution in [2.75, 3.05) is 0 Å². The van der Waals surface area contributed by atoms with Crippen molar-refractivity contribution in [2.45, 2.75) is 25.2 Å². The standard InChI is InChI=1S/C9H11ClO2S/c1-3-8-6-7(2)4-5-9(8)13(10,11)12/h4-6H,3H2,1-2H3. The summed E-state index contributed by atoms with van der Waals surface area (Å²) in [6.07, 6.45) is 0.670. The first-order chi connectivity index (χ1) is 5.95. The molecule has 1 rings (SSSR count). The van der Waals surface area contributed by atoms with Crippen LogP contribution >= 0.6 is 10.7 Å². The molecule has 0 unspecified atom stereocenters. The third-order valence-electron chi connectivity index (χ3n) is 1.86. The van der Waals surface area contributed by atoms with Gasteiger partial charge in [0, 0.05) is 10.7 Å². The van der Waals surface area contributed by atoms with Gasteiger partial charge in [-0.2, -0.15) is 0 Å². The van der Waals surface area contributed by atoms with E-state index in [1.165, 1.54) is 0 Å². The van der Waals surface area contributed by atoms with E-state index in [-0.39, 0.29) is 4.90 Å². The van der Waals surface area contributed by atoms with E-state index < -0.39 is 9.05 Å². The molecule has 2 nitrogen and oxygen atoms in total. The maximum atomic E-state index is 11.1. The second-order valence-corrected chi connectivity index (χ2v) is 5.44. The Kier molecular flexibility index (Phi) is 2.98. The van der Waals surface area contributed by atoms with E-state index in [2.05, 4.69) is 0 Å². The topological polar surface area (TPSA) is 34.1 Å². The zero-order valence-electron chi connectivity index (χ0n) is 7.54. The van der Waals surface area contributed by atoms with Crippen LogP contribution in [0.4, 0.5) is 0 Å². The summed E-state index contributed by atoms with van der Waals surface area (Å²) in [5.41, 5.74) is 1.82. The van der Waals surface area contributed by atoms with Gasteiger partial charge in [0.25, 0.3) is 9.05 Å².